The van der Waals surface area contributed by atoms with Crippen LogP contribution in [0.3, 0.4) is 0 Å². The molecule has 2 heterocycles. The molecule has 19 heavy (non-hydrogen) atoms. The topological polar surface area (TPSA) is 23.6 Å². The van der Waals surface area contributed by atoms with Gasteiger partial charge in [-0.25, -0.2) is 0 Å². The maximum Gasteiger partial charge on any atom is 0.253 e. The first-order chi connectivity index (χ1) is 9.14. The standard InChI is InChI=1S/C16H22N2O/c1-3-13-5-7-14(8-6-13)15(19)18-11-16(12-18)9-4-10-17(16)2/h5-8H,3-4,9-12H2,1-2H3. The molecule has 1 aromatic rings. The molecular formula is C16H22N2O. The van der Waals surface area contributed by atoms with E-state index in [-0.39, 0.29) is 5.91 Å². The molecule has 0 atom stereocenters. The summed E-state index contributed by atoms with van der Waals surface area (Å²) >= 11 is 0. The highest BCUT2D eigenvalue weighted by molar-refractivity contribution is 5.95. The van der Waals surface area contributed by atoms with Crippen molar-refractivity contribution in [1.82, 2.24) is 9.80 Å². The summed E-state index contributed by atoms with van der Waals surface area (Å²) in [7, 11) is 2.19. The molecule has 0 N–H and O–H groups in total. The van der Waals surface area contributed by atoms with Crippen LogP contribution in [0.1, 0.15) is 35.7 Å². The van der Waals surface area contributed by atoms with E-state index >= 15 is 0 Å². The van der Waals surface area contributed by atoms with Gasteiger partial charge in [-0.1, -0.05) is 19.1 Å². The Morgan fingerprint density at radius 1 is 1.26 bits per heavy atom. The van der Waals surface area contributed by atoms with Gasteiger partial charge in [-0.15, -0.1) is 0 Å². The van der Waals surface area contributed by atoms with E-state index in [1.807, 2.05) is 17.0 Å². The third kappa shape index (κ3) is 2.06. The Kier molecular flexibility index (Phi) is 3.09. The zero-order valence-electron chi connectivity index (χ0n) is 11.9. The highest BCUT2D eigenvalue weighted by Gasteiger charge is 2.50. The van der Waals surface area contributed by atoms with Gasteiger partial charge in [-0.3, -0.25) is 9.69 Å². The van der Waals surface area contributed by atoms with Crippen molar-refractivity contribution < 1.29 is 4.79 Å². The van der Waals surface area contributed by atoms with Gasteiger partial charge in [-0.2, -0.15) is 0 Å². The minimum absolute atomic E-state index is 0.188. The third-order valence-electron chi connectivity index (χ3n) is 4.81. The molecule has 2 aliphatic rings. The summed E-state index contributed by atoms with van der Waals surface area (Å²) in [5, 5.41) is 0. The van der Waals surface area contributed by atoms with Crippen LogP contribution < -0.4 is 0 Å². The van der Waals surface area contributed by atoms with Gasteiger partial charge in [0.05, 0.1) is 5.54 Å². The van der Waals surface area contributed by atoms with Crippen LogP contribution in [0.15, 0.2) is 24.3 Å². The summed E-state index contributed by atoms with van der Waals surface area (Å²) < 4.78 is 0. The second kappa shape index (κ2) is 4.64. The second-order valence-electron chi connectivity index (χ2n) is 5.96. The third-order valence-corrected chi connectivity index (χ3v) is 4.81. The summed E-state index contributed by atoms with van der Waals surface area (Å²) in [5.41, 5.74) is 2.40. The molecule has 3 nitrogen and oxygen atoms in total. The maximum atomic E-state index is 12.4. The van der Waals surface area contributed by atoms with Gasteiger partial charge < -0.3 is 4.90 Å². The minimum atomic E-state index is 0.188. The fraction of sp³-hybridized carbons (Fsp3) is 0.562. The number of rotatable bonds is 2. The van der Waals surface area contributed by atoms with Crippen molar-refractivity contribution in [2.45, 2.75) is 31.7 Å². The highest BCUT2D eigenvalue weighted by atomic mass is 16.2. The monoisotopic (exact) mass is 258 g/mol. The largest absolute Gasteiger partial charge is 0.335 e. The van der Waals surface area contributed by atoms with Crippen molar-refractivity contribution in [2.24, 2.45) is 0 Å². The molecule has 0 saturated carbocycles. The molecule has 0 unspecified atom stereocenters. The van der Waals surface area contributed by atoms with Gasteiger partial charge in [0.25, 0.3) is 5.91 Å². The number of hydrogen-bond donors (Lipinski definition) is 0. The van der Waals surface area contributed by atoms with Crippen LogP contribution in [-0.2, 0) is 6.42 Å². The smallest absolute Gasteiger partial charge is 0.253 e. The Balaban J connectivity index is 1.66. The molecule has 1 aromatic carbocycles. The van der Waals surface area contributed by atoms with Crippen LogP contribution in [0.25, 0.3) is 0 Å². The van der Waals surface area contributed by atoms with Crippen LogP contribution in [0.5, 0.6) is 0 Å². The number of likely N-dealkylation sites (N-methyl/N-ethyl adjacent to an activating group) is 1. The molecule has 0 aromatic heterocycles. The lowest BCUT2D eigenvalue weighted by Gasteiger charge is -2.51. The SMILES string of the molecule is CCc1ccc(C(=O)N2CC3(CCCN3C)C2)cc1. The van der Waals surface area contributed by atoms with E-state index in [1.54, 1.807) is 0 Å². The summed E-state index contributed by atoms with van der Waals surface area (Å²) in [5.74, 6) is 0.188. The second-order valence-corrected chi connectivity index (χ2v) is 5.96. The molecule has 1 spiro atoms. The first kappa shape index (κ1) is 12.7. The Morgan fingerprint density at radius 2 is 1.95 bits per heavy atom. The van der Waals surface area contributed by atoms with E-state index in [0.717, 1.165) is 25.1 Å². The van der Waals surface area contributed by atoms with Crippen molar-refractivity contribution in [3.05, 3.63) is 35.4 Å². The van der Waals surface area contributed by atoms with Crippen LogP contribution >= 0.6 is 0 Å². The average Bonchev–Trinajstić information content (AvgIpc) is 2.78. The predicted octanol–water partition coefficient (Wildman–Crippen LogP) is 2.17. The molecule has 2 fully saturated rings. The average molecular weight is 258 g/mol. The molecule has 102 valence electrons. The fourth-order valence-electron chi connectivity index (χ4n) is 3.35. The summed E-state index contributed by atoms with van der Waals surface area (Å²) in [4.78, 5) is 16.8. The number of amides is 1. The highest BCUT2D eigenvalue weighted by Crippen LogP contribution is 2.36. The lowest BCUT2D eigenvalue weighted by molar-refractivity contribution is -0.00728. The van der Waals surface area contributed by atoms with Gasteiger partial charge in [0.15, 0.2) is 0 Å². The molecule has 0 bridgehead atoms. The van der Waals surface area contributed by atoms with Crippen LogP contribution in [-0.4, -0.2) is 47.9 Å². The molecule has 1 amide bonds. The molecule has 3 heteroatoms. The van der Waals surface area contributed by atoms with E-state index in [1.165, 1.54) is 24.9 Å². The molecular weight excluding hydrogens is 236 g/mol. The number of carbonyl (C=O) groups excluding carboxylic acids is 1. The number of hydrogen-bond acceptors (Lipinski definition) is 2. The number of benzene rings is 1. The van der Waals surface area contributed by atoms with E-state index in [0.29, 0.717) is 5.54 Å². The van der Waals surface area contributed by atoms with E-state index in [4.69, 9.17) is 0 Å². The van der Waals surface area contributed by atoms with Crippen LogP contribution in [0, 0.1) is 0 Å². The minimum Gasteiger partial charge on any atom is -0.335 e. The van der Waals surface area contributed by atoms with Gasteiger partial charge in [0.1, 0.15) is 0 Å². The van der Waals surface area contributed by atoms with Gasteiger partial charge in [0.2, 0.25) is 0 Å². The summed E-state index contributed by atoms with van der Waals surface area (Å²) in [6.45, 7) is 5.11. The van der Waals surface area contributed by atoms with Crippen molar-refractivity contribution in [3.63, 3.8) is 0 Å². The van der Waals surface area contributed by atoms with Gasteiger partial charge >= 0.3 is 0 Å². The number of carbonyl (C=O) groups is 1. The van der Waals surface area contributed by atoms with E-state index < -0.39 is 0 Å². The molecule has 2 saturated heterocycles. The van der Waals surface area contributed by atoms with E-state index in [2.05, 4.69) is 31.0 Å². The number of aryl methyl sites for hydroxylation is 1. The number of likely N-dealkylation sites (tertiary alicyclic amines) is 2. The predicted molar refractivity (Wildman–Crippen MR) is 76.3 cm³/mol. The molecule has 2 aliphatic heterocycles. The van der Waals surface area contributed by atoms with E-state index in [9.17, 15) is 4.79 Å². The Labute approximate surface area is 115 Å². The Morgan fingerprint density at radius 3 is 2.47 bits per heavy atom. The zero-order chi connectivity index (χ0) is 13.5. The fourth-order valence-corrected chi connectivity index (χ4v) is 3.35. The summed E-state index contributed by atoms with van der Waals surface area (Å²) in [6.07, 6.45) is 3.53. The van der Waals surface area contributed by atoms with Crippen LogP contribution in [0.4, 0.5) is 0 Å². The quantitative estimate of drug-likeness (QED) is 0.811. The van der Waals surface area contributed by atoms with Crippen molar-refractivity contribution in [1.29, 1.82) is 0 Å². The Hall–Kier alpha value is -1.35. The van der Waals surface area contributed by atoms with Crippen molar-refractivity contribution in [2.75, 3.05) is 26.7 Å². The van der Waals surface area contributed by atoms with Gasteiger partial charge in [0, 0.05) is 18.7 Å². The maximum absolute atomic E-state index is 12.4. The molecule has 0 radical (unpaired) electrons. The molecule has 0 aliphatic carbocycles. The lowest BCUT2D eigenvalue weighted by atomic mass is 9.86. The van der Waals surface area contributed by atoms with Crippen molar-refractivity contribution >= 4 is 5.91 Å². The number of nitrogens with zero attached hydrogens (tertiary/aromatic N) is 2. The zero-order valence-corrected chi connectivity index (χ0v) is 11.9. The first-order valence-electron chi connectivity index (χ1n) is 7.24. The van der Waals surface area contributed by atoms with Crippen LogP contribution in [0.2, 0.25) is 0 Å². The Bertz CT molecular complexity index is 474. The van der Waals surface area contributed by atoms with Crippen molar-refractivity contribution in [3.8, 4) is 0 Å². The molecule has 3 rings (SSSR count). The first-order valence-corrected chi connectivity index (χ1v) is 7.24. The van der Waals surface area contributed by atoms with Gasteiger partial charge in [-0.05, 0) is 50.6 Å². The lowest BCUT2D eigenvalue weighted by Crippen LogP contribution is -2.68. The summed E-state index contributed by atoms with van der Waals surface area (Å²) in [6, 6.07) is 8.05. The normalized spacial score (nSPS) is 21.7.